The zero-order valence-electron chi connectivity index (χ0n) is 9.99. The molecule has 3 saturated heterocycles. The van der Waals surface area contributed by atoms with E-state index in [2.05, 4.69) is 16.7 Å². The van der Waals surface area contributed by atoms with Crippen LogP contribution in [-0.4, -0.2) is 47.6 Å². The molecule has 3 rings (SSSR count). The van der Waals surface area contributed by atoms with Crippen LogP contribution in [0.4, 0.5) is 0 Å². The average Bonchev–Trinajstić information content (AvgIpc) is 2.85. The van der Waals surface area contributed by atoms with Crippen LogP contribution in [0.15, 0.2) is 0 Å². The second-order valence-electron chi connectivity index (χ2n) is 5.58. The van der Waals surface area contributed by atoms with Gasteiger partial charge in [-0.25, -0.2) is 0 Å². The van der Waals surface area contributed by atoms with Gasteiger partial charge in [0.2, 0.25) is 0 Å². The van der Waals surface area contributed by atoms with E-state index in [1.165, 1.54) is 58.2 Å². The monoisotopic (exact) mass is 208 g/mol. The zero-order chi connectivity index (χ0) is 10.3. The standard InChI is InChI=1S/C13H24N2/c1-2-15-11-5-6-12(15)10-13(9-11)14-7-3-4-8-14/h11-13H,2-10H2,1H3. The first-order chi connectivity index (χ1) is 7.38. The number of nitrogens with zero attached hydrogens (tertiary/aromatic N) is 2. The number of rotatable bonds is 2. The molecule has 15 heavy (non-hydrogen) atoms. The predicted octanol–water partition coefficient (Wildman–Crippen LogP) is 2.10. The number of hydrogen-bond acceptors (Lipinski definition) is 2. The van der Waals surface area contributed by atoms with Crippen LogP contribution in [0.5, 0.6) is 0 Å². The van der Waals surface area contributed by atoms with Crippen molar-refractivity contribution in [2.24, 2.45) is 0 Å². The third-order valence-electron chi connectivity index (χ3n) is 4.88. The molecule has 2 unspecified atom stereocenters. The van der Waals surface area contributed by atoms with Crippen molar-refractivity contribution in [3.63, 3.8) is 0 Å². The van der Waals surface area contributed by atoms with Gasteiger partial charge in [-0.2, -0.15) is 0 Å². The largest absolute Gasteiger partial charge is 0.300 e. The van der Waals surface area contributed by atoms with E-state index in [4.69, 9.17) is 0 Å². The van der Waals surface area contributed by atoms with Gasteiger partial charge in [-0.1, -0.05) is 6.92 Å². The van der Waals surface area contributed by atoms with Crippen molar-refractivity contribution >= 4 is 0 Å². The molecule has 3 fully saturated rings. The molecule has 0 spiro atoms. The van der Waals surface area contributed by atoms with Gasteiger partial charge in [-0.3, -0.25) is 4.90 Å². The molecule has 0 aromatic heterocycles. The summed E-state index contributed by atoms with van der Waals surface area (Å²) < 4.78 is 0. The third-order valence-corrected chi connectivity index (χ3v) is 4.88. The fourth-order valence-corrected chi connectivity index (χ4v) is 4.17. The summed E-state index contributed by atoms with van der Waals surface area (Å²) in [6, 6.07) is 2.80. The minimum absolute atomic E-state index is 0.930. The lowest BCUT2D eigenvalue weighted by atomic mass is 9.96. The molecule has 2 bridgehead atoms. The van der Waals surface area contributed by atoms with E-state index < -0.39 is 0 Å². The van der Waals surface area contributed by atoms with Gasteiger partial charge < -0.3 is 4.90 Å². The zero-order valence-corrected chi connectivity index (χ0v) is 9.99. The van der Waals surface area contributed by atoms with Gasteiger partial charge >= 0.3 is 0 Å². The molecule has 0 aliphatic carbocycles. The molecule has 0 N–H and O–H groups in total. The maximum Gasteiger partial charge on any atom is 0.0125 e. The Balaban J connectivity index is 1.66. The SMILES string of the molecule is CCN1C2CCC1CC(N1CCCC1)C2. The summed E-state index contributed by atoms with van der Waals surface area (Å²) in [5, 5.41) is 0. The van der Waals surface area contributed by atoms with Crippen LogP contribution >= 0.6 is 0 Å². The van der Waals surface area contributed by atoms with Crippen LogP contribution in [0.25, 0.3) is 0 Å². The van der Waals surface area contributed by atoms with Crippen LogP contribution in [0.1, 0.15) is 45.4 Å². The lowest BCUT2D eigenvalue weighted by Gasteiger charge is -2.41. The molecule has 86 valence electrons. The Labute approximate surface area is 93.6 Å². The first-order valence-electron chi connectivity index (χ1n) is 6.88. The van der Waals surface area contributed by atoms with Crippen molar-refractivity contribution in [1.29, 1.82) is 0 Å². The Morgan fingerprint density at radius 3 is 2.07 bits per heavy atom. The minimum Gasteiger partial charge on any atom is -0.300 e. The second kappa shape index (κ2) is 4.06. The Morgan fingerprint density at radius 2 is 1.53 bits per heavy atom. The number of hydrogen-bond donors (Lipinski definition) is 0. The van der Waals surface area contributed by atoms with Crippen LogP contribution in [-0.2, 0) is 0 Å². The Morgan fingerprint density at radius 1 is 0.933 bits per heavy atom. The van der Waals surface area contributed by atoms with E-state index in [-0.39, 0.29) is 0 Å². The second-order valence-corrected chi connectivity index (χ2v) is 5.58. The Hall–Kier alpha value is -0.0800. The van der Waals surface area contributed by atoms with Gasteiger partial charge in [-0.15, -0.1) is 0 Å². The van der Waals surface area contributed by atoms with E-state index in [0.29, 0.717) is 0 Å². The van der Waals surface area contributed by atoms with Crippen LogP contribution in [0, 0.1) is 0 Å². The van der Waals surface area contributed by atoms with Crippen LogP contribution in [0.3, 0.4) is 0 Å². The molecule has 2 heteroatoms. The van der Waals surface area contributed by atoms with Gasteiger partial charge in [-0.05, 0) is 58.2 Å². The highest BCUT2D eigenvalue weighted by molar-refractivity contribution is 4.98. The van der Waals surface area contributed by atoms with Gasteiger partial charge in [0.25, 0.3) is 0 Å². The molecule has 0 radical (unpaired) electrons. The smallest absolute Gasteiger partial charge is 0.0125 e. The first-order valence-corrected chi connectivity index (χ1v) is 6.88. The normalized spacial score (nSPS) is 42.6. The lowest BCUT2D eigenvalue weighted by molar-refractivity contribution is 0.0741. The van der Waals surface area contributed by atoms with Gasteiger partial charge in [0, 0.05) is 18.1 Å². The summed E-state index contributed by atoms with van der Waals surface area (Å²) in [6.07, 6.45) is 8.77. The molecule has 0 aromatic carbocycles. The highest BCUT2D eigenvalue weighted by Gasteiger charge is 2.41. The van der Waals surface area contributed by atoms with Crippen molar-refractivity contribution in [3.8, 4) is 0 Å². The quantitative estimate of drug-likeness (QED) is 0.685. The summed E-state index contributed by atoms with van der Waals surface area (Å²) in [4.78, 5) is 5.55. The highest BCUT2D eigenvalue weighted by Crippen LogP contribution is 2.37. The fourth-order valence-electron chi connectivity index (χ4n) is 4.17. The van der Waals surface area contributed by atoms with Gasteiger partial charge in [0.05, 0.1) is 0 Å². The molecule has 2 atom stereocenters. The summed E-state index contributed by atoms with van der Waals surface area (Å²) in [5.41, 5.74) is 0. The Bertz CT molecular complexity index is 209. The molecule has 3 aliphatic rings. The van der Waals surface area contributed by atoms with E-state index in [0.717, 1.165) is 18.1 Å². The van der Waals surface area contributed by atoms with Crippen molar-refractivity contribution in [2.45, 2.75) is 63.6 Å². The highest BCUT2D eigenvalue weighted by atomic mass is 15.3. The predicted molar refractivity (Wildman–Crippen MR) is 63.0 cm³/mol. The summed E-state index contributed by atoms with van der Waals surface area (Å²) in [7, 11) is 0. The summed E-state index contributed by atoms with van der Waals surface area (Å²) in [5.74, 6) is 0. The molecule has 0 amide bonds. The first kappa shape index (κ1) is 10.1. The van der Waals surface area contributed by atoms with Crippen LogP contribution < -0.4 is 0 Å². The number of fused-ring (bicyclic) bond motifs is 2. The summed E-state index contributed by atoms with van der Waals surface area (Å²) >= 11 is 0. The van der Waals surface area contributed by atoms with Crippen molar-refractivity contribution in [3.05, 3.63) is 0 Å². The number of likely N-dealkylation sites (tertiary alicyclic amines) is 1. The maximum absolute atomic E-state index is 2.78. The fraction of sp³-hybridized carbons (Fsp3) is 1.00. The van der Waals surface area contributed by atoms with Crippen molar-refractivity contribution < 1.29 is 0 Å². The number of piperidine rings is 1. The van der Waals surface area contributed by atoms with E-state index in [9.17, 15) is 0 Å². The third kappa shape index (κ3) is 1.72. The topological polar surface area (TPSA) is 6.48 Å². The molecular formula is C13H24N2. The average molecular weight is 208 g/mol. The molecule has 3 aliphatic heterocycles. The maximum atomic E-state index is 2.78. The molecule has 2 nitrogen and oxygen atoms in total. The lowest BCUT2D eigenvalue weighted by Crippen LogP contribution is -2.49. The Kier molecular flexibility index (Phi) is 2.73. The molecule has 0 aromatic rings. The van der Waals surface area contributed by atoms with Crippen molar-refractivity contribution in [2.75, 3.05) is 19.6 Å². The van der Waals surface area contributed by atoms with Crippen molar-refractivity contribution in [1.82, 2.24) is 9.80 Å². The van der Waals surface area contributed by atoms with Crippen LogP contribution in [0.2, 0.25) is 0 Å². The van der Waals surface area contributed by atoms with E-state index >= 15 is 0 Å². The van der Waals surface area contributed by atoms with E-state index in [1.807, 2.05) is 0 Å². The minimum atomic E-state index is 0.930. The van der Waals surface area contributed by atoms with Gasteiger partial charge in [0.1, 0.15) is 0 Å². The summed E-state index contributed by atoms with van der Waals surface area (Å²) in [6.45, 7) is 6.38. The van der Waals surface area contributed by atoms with Gasteiger partial charge in [0.15, 0.2) is 0 Å². The molecule has 0 saturated carbocycles. The van der Waals surface area contributed by atoms with E-state index in [1.54, 1.807) is 0 Å². The molecule has 3 heterocycles. The molecular weight excluding hydrogens is 184 g/mol.